The van der Waals surface area contributed by atoms with Crippen molar-refractivity contribution < 1.29 is 0 Å². The molecule has 0 aliphatic heterocycles. The third kappa shape index (κ3) is 2.17. The third-order valence-corrected chi connectivity index (χ3v) is 2.60. The SMILES string of the molecule is CC(C)c1ccc(S)c(S)c1. The zero-order valence-corrected chi connectivity index (χ0v) is 8.49. The highest BCUT2D eigenvalue weighted by molar-refractivity contribution is 7.83. The molecular formula is C9H12S2. The minimum atomic E-state index is 0.565. The van der Waals surface area contributed by atoms with Gasteiger partial charge in [0.05, 0.1) is 0 Å². The summed E-state index contributed by atoms with van der Waals surface area (Å²) in [7, 11) is 0. The molecule has 0 heterocycles. The molecule has 0 aliphatic carbocycles. The van der Waals surface area contributed by atoms with Crippen molar-refractivity contribution in [1.82, 2.24) is 0 Å². The second-order valence-electron chi connectivity index (χ2n) is 2.90. The first-order chi connectivity index (χ1) is 5.11. The van der Waals surface area contributed by atoms with E-state index in [2.05, 4.69) is 51.2 Å². The predicted octanol–water partition coefficient (Wildman–Crippen LogP) is 3.39. The van der Waals surface area contributed by atoms with E-state index in [0.29, 0.717) is 5.92 Å². The molecule has 0 aliphatic rings. The molecule has 0 bridgehead atoms. The van der Waals surface area contributed by atoms with Crippen LogP contribution in [0.1, 0.15) is 25.3 Å². The van der Waals surface area contributed by atoms with E-state index in [0.717, 1.165) is 9.79 Å². The summed E-state index contributed by atoms with van der Waals surface area (Å²) in [5.74, 6) is 0.565. The van der Waals surface area contributed by atoms with Crippen LogP contribution >= 0.6 is 25.3 Å². The van der Waals surface area contributed by atoms with Crippen molar-refractivity contribution >= 4 is 25.3 Å². The molecule has 0 saturated heterocycles. The molecule has 0 atom stereocenters. The highest BCUT2D eigenvalue weighted by atomic mass is 32.1. The predicted molar refractivity (Wildman–Crippen MR) is 55.0 cm³/mol. The number of benzene rings is 1. The molecule has 2 heteroatoms. The van der Waals surface area contributed by atoms with Crippen LogP contribution in [0.5, 0.6) is 0 Å². The number of thiol groups is 2. The summed E-state index contributed by atoms with van der Waals surface area (Å²) in [5, 5.41) is 0. The van der Waals surface area contributed by atoms with E-state index in [1.54, 1.807) is 0 Å². The highest BCUT2D eigenvalue weighted by Gasteiger charge is 2.00. The number of hydrogen-bond acceptors (Lipinski definition) is 2. The Labute approximate surface area is 78.8 Å². The van der Waals surface area contributed by atoms with Crippen molar-refractivity contribution in [1.29, 1.82) is 0 Å². The fraction of sp³-hybridized carbons (Fsp3) is 0.333. The van der Waals surface area contributed by atoms with Crippen LogP contribution in [0.3, 0.4) is 0 Å². The van der Waals surface area contributed by atoms with Gasteiger partial charge in [0.2, 0.25) is 0 Å². The third-order valence-electron chi connectivity index (χ3n) is 1.67. The summed E-state index contributed by atoms with van der Waals surface area (Å²) in [5.41, 5.74) is 1.31. The van der Waals surface area contributed by atoms with Crippen LogP contribution in [0.4, 0.5) is 0 Å². The normalized spacial score (nSPS) is 10.6. The van der Waals surface area contributed by atoms with Crippen LogP contribution in [-0.2, 0) is 0 Å². The van der Waals surface area contributed by atoms with Crippen LogP contribution in [-0.4, -0.2) is 0 Å². The molecule has 11 heavy (non-hydrogen) atoms. The van der Waals surface area contributed by atoms with Gasteiger partial charge in [0.25, 0.3) is 0 Å². The summed E-state index contributed by atoms with van der Waals surface area (Å²) in [6, 6.07) is 6.14. The van der Waals surface area contributed by atoms with Gasteiger partial charge in [0.15, 0.2) is 0 Å². The minimum absolute atomic E-state index is 0.565. The van der Waals surface area contributed by atoms with Gasteiger partial charge in [-0.25, -0.2) is 0 Å². The molecule has 1 aromatic rings. The smallest absolute Gasteiger partial charge is 0.0177 e. The molecule has 0 radical (unpaired) electrons. The molecule has 1 aromatic carbocycles. The van der Waals surface area contributed by atoms with Crippen molar-refractivity contribution in [2.75, 3.05) is 0 Å². The lowest BCUT2D eigenvalue weighted by molar-refractivity contribution is 0.858. The van der Waals surface area contributed by atoms with E-state index < -0.39 is 0 Å². The quantitative estimate of drug-likeness (QED) is 0.614. The fourth-order valence-corrected chi connectivity index (χ4v) is 1.26. The van der Waals surface area contributed by atoms with Gasteiger partial charge in [-0.2, -0.15) is 0 Å². The molecular weight excluding hydrogens is 172 g/mol. The molecule has 0 nitrogen and oxygen atoms in total. The van der Waals surface area contributed by atoms with E-state index in [1.807, 2.05) is 6.07 Å². The Hall–Kier alpha value is -0.0800. The topological polar surface area (TPSA) is 0 Å². The Balaban J connectivity index is 3.05. The average Bonchev–Trinajstić information content (AvgIpc) is 1.94. The van der Waals surface area contributed by atoms with Gasteiger partial charge in [-0.3, -0.25) is 0 Å². The van der Waals surface area contributed by atoms with E-state index in [9.17, 15) is 0 Å². The van der Waals surface area contributed by atoms with Crippen LogP contribution in [0.25, 0.3) is 0 Å². The maximum Gasteiger partial charge on any atom is 0.0177 e. The van der Waals surface area contributed by atoms with E-state index >= 15 is 0 Å². The molecule has 0 spiro atoms. The van der Waals surface area contributed by atoms with Gasteiger partial charge in [0.1, 0.15) is 0 Å². The van der Waals surface area contributed by atoms with Crippen molar-refractivity contribution in [3.8, 4) is 0 Å². The molecule has 0 amide bonds. The summed E-state index contributed by atoms with van der Waals surface area (Å²) in [4.78, 5) is 1.90. The first-order valence-electron chi connectivity index (χ1n) is 3.63. The van der Waals surface area contributed by atoms with Crippen molar-refractivity contribution in [3.63, 3.8) is 0 Å². The monoisotopic (exact) mass is 184 g/mol. The Morgan fingerprint density at radius 2 is 1.73 bits per heavy atom. The molecule has 0 saturated carbocycles. The van der Waals surface area contributed by atoms with Crippen LogP contribution in [0, 0.1) is 0 Å². The average molecular weight is 184 g/mol. The lowest BCUT2D eigenvalue weighted by Crippen LogP contribution is -1.86. The Kier molecular flexibility index (Phi) is 2.90. The van der Waals surface area contributed by atoms with Crippen molar-refractivity contribution in [3.05, 3.63) is 23.8 Å². The summed E-state index contributed by atoms with van der Waals surface area (Å²) >= 11 is 8.52. The van der Waals surface area contributed by atoms with Crippen molar-refractivity contribution in [2.24, 2.45) is 0 Å². The fourth-order valence-electron chi connectivity index (χ4n) is 0.900. The molecule has 0 aromatic heterocycles. The van der Waals surface area contributed by atoms with E-state index in [-0.39, 0.29) is 0 Å². The second-order valence-corrected chi connectivity index (χ2v) is 3.87. The van der Waals surface area contributed by atoms with E-state index in [4.69, 9.17) is 0 Å². The maximum atomic E-state index is 4.29. The van der Waals surface area contributed by atoms with Crippen LogP contribution in [0.2, 0.25) is 0 Å². The van der Waals surface area contributed by atoms with Gasteiger partial charge in [-0.05, 0) is 23.6 Å². The summed E-state index contributed by atoms with van der Waals surface area (Å²) < 4.78 is 0. The summed E-state index contributed by atoms with van der Waals surface area (Å²) in [6.45, 7) is 4.33. The number of hydrogen-bond donors (Lipinski definition) is 2. The molecule has 0 fully saturated rings. The Morgan fingerprint density at radius 1 is 1.09 bits per heavy atom. The van der Waals surface area contributed by atoms with Gasteiger partial charge in [-0.1, -0.05) is 19.9 Å². The minimum Gasteiger partial charge on any atom is -0.142 e. The van der Waals surface area contributed by atoms with Crippen LogP contribution < -0.4 is 0 Å². The summed E-state index contributed by atoms with van der Waals surface area (Å²) in [6.07, 6.45) is 0. The molecule has 0 N–H and O–H groups in total. The van der Waals surface area contributed by atoms with Crippen molar-refractivity contribution in [2.45, 2.75) is 29.6 Å². The van der Waals surface area contributed by atoms with Crippen LogP contribution in [0.15, 0.2) is 28.0 Å². The van der Waals surface area contributed by atoms with Gasteiger partial charge < -0.3 is 0 Å². The van der Waals surface area contributed by atoms with Gasteiger partial charge >= 0.3 is 0 Å². The molecule has 60 valence electrons. The van der Waals surface area contributed by atoms with E-state index in [1.165, 1.54) is 5.56 Å². The van der Waals surface area contributed by atoms with Gasteiger partial charge in [-0.15, -0.1) is 25.3 Å². The molecule has 1 rings (SSSR count). The standard InChI is InChI=1S/C9H12S2/c1-6(2)7-3-4-8(10)9(11)5-7/h3-6,10-11H,1-2H3. The Bertz CT molecular complexity index is 254. The first kappa shape index (κ1) is 9.01. The Morgan fingerprint density at radius 3 is 2.18 bits per heavy atom. The molecule has 0 unspecified atom stereocenters. The highest BCUT2D eigenvalue weighted by Crippen LogP contribution is 2.23. The van der Waals surface area contributed by atoms with Gasteiger partial charge in [0, 0.05) is 9.79 Å². The largest absolute Gasteiger partial charge is 0.142 e. The maximum absolute atomic E-state index is 4.29. The first-order valence-corrected chi connectivity index (χ1v) is 4.52. The second kappa shape index (κ2) is 3.55. The lowest BCUT2D eigenvalue weighted by atomic mass is 10.0. The zero-order valence-electron chi connectivity index (χ0n) is 6.70. The number of rotatable bonds is 1. The zero-order chi connectivity index (χ0) is 8.43. The lowest BCUT2D eigenvalue weighted by Gasteiger charge is -2.06.